The van der Waals surface area contributed by atoms with Crippen LogP contribution in [0.3, 0.4) is 0 Å². The van der Waals surface area contributed by atoms with Crippen LogP contribution < -0.4 is 26.6 Å². The Balaban J connectivity index is 0.00000173. The predicted octanol–water partition coefficient (Wildman–Crippen LogP) is 7.90. The number of aromatic nitrogens is 2. The number of hydrogen-bond acceptors (Lipinski definition) is 6. The van der Waals surface area contributed by atoms with Gasteiger partial charge in [0, 0.05) is 76.6 Å². The van der Waals surface area contributed by atoms with Crippen molar-refractivity contribution in [3.05, 3.63) is 156 Å². The van der Waals surface area contributed by atoms with E-state index in [2.05, 4.69) is 17.4 Å². The van der Waals surface area contributed by atoms with Crippen LogP contribution in [0.5, 0.6) is 0 Å². The van der Waals surface area contributed by atoms with Crippen LogP contribution in [0.15, 0.2) is 107 Å². The minimum atomic E-state index is -0.308. The average molecular weight is 714 g/mol. The Morgan fingerprint density at radius 2 is 1.24 bits per heavy atom. The Kier molecular flexibility index (Phi) is 6.19. The number of rotatable bonds is 0. The van der Waals surface area contributed by atoms with Gasteiger partial charge in [0.05, 0.1) is 22.3 Å². The van der Waals surface area contributed by atoms with Crippen molar-refractivity contribution in [2.45, 2.75) is 33.7 Å². The quantitative estimate of drug-likeness (QED) is 0.127. The maximum Gasteiger partial charge on any atom is 0.196 e. The van der Waals surface area contributed by atoms with Crippen LogP contribution >= 0.6 is 0 Å². The SMILES string of the molecule is C/C=c1\c(=C2\c3ccc4c(c3NC2C)C(=O)c2ccccc2C4=O)c(=O)c2ccc3c4ccc5c(=O)c6ccccc6c6nn(c7ccc1c2c37)c4c56.CC. The Bertz CT molecular complexity index is 3660. The molecule has 0 fully saturated rings. The van der Waals surface area contributed by atoms with E-state index in [1.54, 1.807) is 30.3 Å². The summed E-state index contributed by atoms with van der Waals surface area (Å²) in [5, 5.41) is 18.4. The van der Waals surface area contributed by atoms with Gasteiger partial charge in [-0.3, -0.25) is 19.2 Å². The van der Waals surface area contributed by atoms with Gasteiger partial charge in [0.2, 0.25) is 0 Å². The maximum atomic E-state index is 15.0. The minimum absolute atomic E-state index is 0.00220. The van der Waals surface area contributed by atoms with E-state index < -0.39 is 0 Å². The molecular formula is C48H31N3O4. The zero-order valence-corrected chi connectivity index (χ0v) is 30.4. The highest BCUT2D eigenvalue weighted by molar-refractivity contribution is 6.33. The molecule has 2 aliphatic rings. The van der Waals surface area contributed by atoms with Crippen molar-refractivity contribution in [1.82, 2.24) is 9.61 Å². The molecule has 3 heterocycles. The van der Waals surface area contributed by atoms with Gasteiger partial charge in [-0.05, 0) is 59.7 Å². The molecule has 0 saturated carbocycles. The molecule has 1 aliphatic heterocycles. The van der Waals surface area contributed by atoms with Gasteiger partial charge in [-0.15, -0.1) is 0 Å². The summed E-state index contributed by atoms with van der Waals surface area (Å²) >= 11 is 0. The fourth-order valence-electron chi connectivity index (χ4n) is 9.74. The molecule has 1 unspecified atom stereocenters. The molecule has 0 bridgehead atoms. The van der Waals surface area contributed by atoms with E-state index in [1.165, 1.54) is 0 Å². The van der Waals surface area contributed by atoms with E-state index in [0.717, 1.165) is 70.6 Å². The van der Waals surface area contributed by atoms with Gasteiger partial charge in [-0.1, -0.05) is 92.7 Å². The molecule has 0 radical (unpaired) electrons. The number of pyridine rings is 1. The molecule has 2 aromatic heterocycles. The van der Waals surface area contributed by atoms with Gasteiger partial charge in [-0.25, -0.2) is 4.52 Å². The molecule has 1 aliphatic carbocycles. The molecule has 7 heteroatoms. The van der Waals surface area contributed by atoms with Crippen LogP contribution in [0.25, 0.3) is 82.1 Å². The Morgan fingerprint density at radius 1 is 0.600 bits per heavy atom. The van der Waals surface area contributed by atoms with E-state index >= 15 is 4.79 Å². The van der Waals surface area contributed by atoms with Crippen LogP contribution in [0.1, 0.15) is 65.1 Å². The third kappa shape index (κ3) is 3.67. The molecule has 1 atom stereocenters. The highest BCUT2D eigenvalue weighted by Crippen LogP contribution is 2.43. The van der Waals surface area contributed by atoms with Crippen molar-refractivity contribution >= 4 is 99.3 Å². The zero-order valence-electron chi connectivity index (χ0n) is 30.4. The van der Waals surface area contributed by atoms with E-state index in [1.807, 2.05) is 92.9 Å². The number of anilines is 1. The van der Waals surface area contributed by atoms with Gasteiger partial charge in [0.15, 0.2) is 22.4 Å². The normalized spacial score (nSPS) is 16.5. The average Bonchev–Trinajstić information content (AvgIpc) is 3.79. The van der Waals surface area contributed by atoms with Crippen molar-refractivity contribution < 1.29 is 9.59 Å². The van der Waals surface area contributed by atoms with E-state index in [4.69, 9.17) is 5.10 Å². The second-order valence-corrected chi connectivity index (χ2v) is 14.4. The summed E-state index contributed by atoms with van der Waals surface area (Å²) in [5.41, 5.74) is 6.13. The monoisotopic (exact) mass is 713 g/mol. The number of ketones is 2. The van der Waals surface area contributed by atoms with Crippen molar-refractivity contribution in [3.8, 4) is 0 Å². The Hall–Kier alpha value is -6.99. The third-order valence-corrected chi connectivity index (χ3v) is 11.9. The lowest BCUT2D eigenvalue weighted by molar-refractivity contribution is 0.0979. The van der Waals surface area contributed by atoms with Crippen molar-refractivity contribution in [1.29, 1.82) is 0 Å². The first-order valence-electron chi connectivity index (χ1n) is 18.8. The second-order valence-electron chi connectivity index (χ2n) is 14.4. The smallest absolute Gasteiger partial charge is 0.196 e. The molecule has 0 spiro atoms. The van der Waals surface area contributed by atoms with Gasteiger partial charge in [0.1, 0.15) is 5.52 Å². The second kappa shape index (κ2) is 10.8. The van der Waals surface area contributed by atoms with Gasteiger partial charge >= 0.3 is 0 Å². The van der Waals surface area contributed by atoms with Crippen LogP contribution in [0, 0.1) is 0 Å². The Labute approximate surface area is 312 Å². The third-order valence-electron chi connectivity index (χ3n) is 11.9. The molecule has 55 heavy (non-hydrogen) atoms. The topological polar surface area (TPSA) is 97.6 Å². The van der Waals surface area contributed by atoms with Crippen molar-refractivity contribution in [3.63, 3.8) is 0 Å². The summed E-state index contributed by atoms with van der Waals surface area (Å²) < 4.78 is 1.96. The number of carbonyl (C=O) groups excluding carboxylic acids is 2. The van der Waals surface area contributed by atoms with Gasteiger partial charge in [0.25, 0.3) is 0 Å². The molecule has 7 nitrogen and oxygen atoms in total. The van der Waals surface area contributed by atoms with E-state index in [0.29, 0.717) is 49.3 Å². The number of fused-ring (bicyclic) bond motifs is 8. The fourth-order valence-corrected chi connectivity index (χ4v) is 9.74. The molecule has 262 valence electrons. The largest absolute Gasteiger partial charge is 0.377 e. The number of carbonyl (C=O) groups is 2. The summed E-state index contributed by atoms with van der Waals surface area (Å²) in [6, 6.07) is 29.9. The van der Waals surface area contributed by atoms with Crippen LogP contribution in [0.2, 0.25) is 0 Å². The number of nitrogens with zero attached hydrogens (tertiary/aromatic N) is 2. The summed E-state index contributed by atoms with van der Waals surface area (Å²) in [6.07, 6.45) is 2.00. The number of nitrogens with one attached hydrogen (secondary N) is 1. The standard InChI is InChI=1S/C46H25N3O4.C2H6/c1-3-21-22-18-19-33-36-23(25-13-16-31-38-41(48-49(33)42(25)38)24-8-4-5-9-26(24)43(31)50)12-15-30(35(22)36)46(53)37(21)34-20(2)47-40-29(34)14-17-32-39(40)45(52)28-11-7-6-10-27(28)44(32)51;1-2/h3-20,47H,1-2H3;1-2H3/b21-3-,37-34-;. The summed E-state index contributed by atoms with van der Waals surface area (Å²) in [5.74, 6) is -0.378. The van der Waals surface area contributed by atoms with Crippen LogP contribution in [0.4, 0.5) is 5.69 Å². The Morgan fingerprint density at radius 3 is 2.00 bits per heavy atom. The predicted molar refractivity (Wildman–Crippen MR) is 222 cm³/mol. The molecule has 12 rings (SSSR count). The first-order chi connectivity index (χ1) is 26.9. The molecule has 0 saturated heterocycles. The lowest BCUT2D eigenvalue weighted by Crippen LogP contribution is -2.43. The highest BCUT2D eigenvalue weighted by atomic mass is 16.1. The maximum absolute atomic E-state index is 15.0. The van der Waals surface area contributed by atoms with Crippen molar-refractivity contribution in [2.75, 3.05) is 5.32 Å². The lowest BCUT2D eigenvalue weighted by Gasteiger charge is -2.20. The van der Waals surface area contributed by atoms with Crippen LogP contribution in [-0.2, 0) is 0 Å². The highest BCUT2D eigenvalue weighted by Gasteiger charge is 2.37. The molecular weight excluding hydrogens is 683 g/mol. The first kappa shape index (κ1) is 31.5. The number of benzene rings is 8. The summed E-state index contributed by atoms with van der Waals surface area (Å²) in [4.78, 5) is 56.2. The molecule has 1 N–H and O–H groups in total. The summed E-state index contributed by atoms with van der Waals surface area (Å²) in [6.45, 7) is 7.95. The summed E-state index contributed by atoms with van der Waals surface area (Å²) in [7, 11) is 0. The molecule has 10 aromatic rings. The van der Waals surface area contributed by atoms with E-state index in [9.17, 15) is 14.4 Å². The number of hydrogen-bond donors (Lipinski definition) is 1. The first-order valence-corrected chi connectivity index (χ1v) is 18.8. The molecule has 8 aromatic carbocycles. The van der Waals surface area contributed by atoms with Crippen LogP contribution in [-0.4, -0.2) is 27.2 Å². The lowest BCUT2D eigenvalue weighted by atomic mass is 9.82. The van der Waals surface area contributed by atoms with Gasteiger partial charge < -0.3 is 5.32 Å². The van der Waals surface area contributed by atoms with Crippen molar-refractivity contribution in [2.24, 2.45) is 0 Å². The zero-order chi connectivity index (χ0) is 37.6. The fraction of sp³-hybridized carbons (Fsp3) is 0.104. The minimum Gasteiger partial charge on any atom is -0.377 e. The molecule has 0 amide bonds. The van der Waals surface area contributed by atoms with Gasteiger partial charge in [-0.2, -0.15) is 5.10 Å². The van der Waals surface area contributed by atoms with E-state index in [-0.39, 0.29) is 28.5 Å².